The van der Waals surface area contributed by atoms with Crippen LogP contribution in [-0.2, 0) is 9.53 Å². The lowest BCUT2D eigenvalue weighted by atomic mass is 9.91. The number of benzene rings is 1. The molecule has 1 heterocycles. The summed E-state index contributed by atoms with van der Waals surface area (Å²) in [5, 5.41) is 3.06. The third kappa shape index (κ3) is 5.90. The van der Waals surface area contributed by atoms with E-state index < -0.39 is 29.3 Å². The molecule has 0 saturated heterocycles. The van der Waals surface area contributed by atoms with Crippen molar-refractivity contribution in [3.05, 3.63) is 81.3 Å². The van der Waals surface area contributed by atoms with E-state index in [0.717, 1.165) is 24.1 Å². The molecule has 0 saturated carbocycles. The Morgan fingerprint density at radius 2 is 2.10 bits per heavy atom. The number of pyridine rings is 1. The Hall–Kier alpha value is -2.71. The van der Waals surface area contributed by atoms with Crippen LogP contribution in [0.15, 0.2) is 58.5 Å². The highest BCUT2D eigenvalue weighted by molar-refractivity contribution is 8.08. The van der Waals surface area contributed by atoms with E-state index in [1.54, 1.807) is 12.1 Å². The first-order valence-electron chi connectivity index (χ1n) is 8.71. The number of aromatic nitrogens is 1. The number of carbonyl (C=O) groups excluding carboxylic acids is 2. The number of hydrogen-bond donors (Lipinski definition) is 1. The maximum atomic E-state index is 14.3. The minimum absolute atomic E-state index is 0.0817. The van der Waals surface area contributed by atoms with E-state index in [-0.39, 0.29) is 11.3 Å². The van der Waals surface area contributed by atoms with Crippen LogP contribution in [0.5, 0.6) is 0 Å². The van der Waals surface area contributed by atoms with Gasteiger partial charge in [-0.25, -0.2) is 8.78 Å². The summed E-state index contributed by atoms with van der Waals surface area (Å²) < 4.78 is 32.7. The topological polar surface area (TPSA) is 68.3 Å². The van der Waals surface area contributed by atoms with Crippen LogP contribution in [-0.4, -0.2) is 30.4 Å². The predicted octanol–water partition coefficient (Wildman–Crippen LogP) is 5.26. The van der Waals surface area contributed by atoms with E-state index in [0.29, 0.717) is 22.7 Å². The summed E-state index contributed by atoms with van der Waals surface area (Å²) in [7, 11) is 1.08. The number of ether oxygens (including phenoxy) is 1. The molecular formula is C21H19ClF2N2O3S. The van der Waals surface area contributed by atoms with Gasteiger partial charge in [0.2, 0.25) is 5.78 Å². The number of nitrogens with zero attached hydrogens (tertiary/aromatic N) is 1. The van der Waals surface area contributed by atoms with Gasteiger partial charge in [-0.1, -0.05) is 42.1 Å². The molecule has 1 N–H and O–H groups in total. The molecule has 1 aromatic carbocycles. The number of rotatable bonds is 9. The number of thioether (sulfide) groups is 1. The number of allylic oxidation sites excluding steroid dienone is 1. The standard InChI is InChI=1S/C21H19ClF2N2O3S/c1-4-14(30-12(2)22)11-26-17-6-5-9-25-19(17)20(27)18(21(28)29-3)15-8-7-13(23)10-16(15)24/h4-10,18,26H,2,11H2,1,3H3. The van der Waals surface area contributed by atoms with Crippen LogP contribution >= 0.6 is 23.4 Å². The number of methoxy groups -OCH3 is 1. The van der Waals surface area contributed by atoms with Crippen molar-refractivity contribution in [2.24, 2.45) is 0 Å². The Morgan fingerprint density at radius 3 is 2.70 bits per heavy atom. The molecule has 30 heavy (non-hydrogen) atoms. The normalized spacial score (nSPS) is 12.2. The molecule has 1 aromatic heterocycles. The van der Waals surface area contributed by atoms with Gasteiger partial charge in [-0.15, -0.1) is 0 Å². The highest BCUT2D eigenvalue weighted by atomic mass is 35.5. The first-order valence-corrected chi connectivity index (χ1v) is 9.91. The van der Waals surface area contributed by atoms with Crippen LogP contribution < -0.4 is 5.32 Å². The summed E-state index contributed by atoms with van der Waals surface area (Å²) in [6.07, 6.45) is 3.20. The average Bonchev–Trinajstić information content (AvgIpc) is 2.72. The number of ketones is 1. The van der Waals surface area contributed by atoms with Crippen molar-refractivity contribution in [3.63, 3.8) is 0 Å². The van der Waals surface area contributed by atoms with Crippen molar-refractivity contribution < 1.29 is 23.1 Å². The molecule has 158 valence electrons. The van der Waals surface area contributed by atoms with Gasteiger partial charge in [0.1, 0.15) is 23.2 Å². The summed E-state index contributed by atoms with van der Waals surface area (Å²) in [5.41, 5.74) is -0.0474. The minimum atomic E-state index is -1.63. The predicted molar refractivity (Wildman–Crippen MR) is 115 cm³/mol. The third-order valence-electron chi connectivity index (χ3n) is 4.03. The lowest BCUT2D eigenvalue weighted by Gasteiger charge is -2.17. The third-order valence-corrected chi connectivity index (χ3v) is 5.13. The zero-order valence-electron chi connectivity index (χ0n) is 16.2. The number of nitrogens with one attached hydrogen (secondary N) is 1. The van der Waals surface area contributed by atoms with Gasteiger partial charge in [0.15, 0.2) is 0 Å². The Labute approximate surface area is 182 Å². The second-order valence-corrected chi connectivity index (χ2v) is 7.85. The highest BCUT2D eigenvalue weighted by Gasteiger charge is 2.34. The number of esters is 1. The maximum absolute atomic E-state index is 14.3. The van der Waals surface area contributed by atoms with E-state index >= 15 is 0 Å². The summed E-state index contributed by atoms with van der Waals surface area (Å²) in [4.78, 5) is 30.4. The van der Waals surface area contributed by atoms with E-state index in [9.17, 15) is 18.4 Å². The Bertz CT molecular complexity index is 998. The van der Waals surface area contributed by atoms with Crippen molar-refractivity contribution in [2.75, 3.05) is 19.0 Å². The zero-order valence-corrected chi connectivity index (χ0v) is 17.8. The van der Waals surface area contributed by atoms with Crippen molar-refractivity contribution in [2.45, 2.75) is 12.8 Å². The van der Waals surface area contributed by atoms with Crippen LogP contribution in [0.3, 0.4) is 0 Å². The molecule has 0 amide bonds. The molecule has 0 spiro atoms. The number of anilines is 1. The molecule has 0 aliphatic heterocycles. The van der Waals surface area contributed by atoms with Crippen LogP contribution in [0.4, 0.5) is 14.5 Å². The van der Waals surface area contributed by atoms with Crippen LogP contribution in [0.2, 0.25) is 0 Å². The Kier molecular flexibility index (Phi) is 8.56. The monoisotopic (exact) mass is 452 g/mol. The van der Waals surface area contributed by atoms with E-state index in [1.807, 2.05) is 13.0 Å². The van der Waals surface area contributed by atoms with Gasteiger partial charge >= 0.3 is 5.97 Å². The van der Waals surface area contributed by atoms with Crippen LogP contribution in [0, 0.1) is 11.6 Å². The Morgan fingerprint density at radius 1 is 1.37 bits per heavy atom. The molecular weight excluding hydrogens is 434 g/mol. The summed E-state index contributed by atoms with van der Waals surface area (Å²) in [6.45, 7) is 5.76. The fourth-order valence-electron chi connectivity index (χ4n) is 2.63. The lowest BCUT2D eigenvalue weighted by Crippen LogP contribution is -2.26. The lowest BCUT2D eigenvalue weighted by molar-refractivity contribution is -0.141. The van der Waals surface area contributed by atoms with Crippen molar-refractivity contribution >= 4 is 40.8 Å². The summed E-state index contributed by atoms with van der Waals surface area (Å²) >= 11 is 7.07. The Balaban J connectivity index is 2.40. The first kappa shape index (κ1) is 23.6. The molecule has 5 nitrogen and oxygen atoms in total. The molecule has 1 unspecified atom stereocenters. The largest absolute Gasteiger partial charge is 0.468 e. The summed E-state index contributed by atoms with van der Waals surface area (Å²) in [5.74, 6) is -5.26. The van der Waals surface area contributed by atoms with Crippen LogP contribution in [0.1, 0.15) is 28.9 Å². The highest BCUT2D eigenvalue weighted by Crippen LogP contribution is 2.30. The fraction of sp³-hybridized carbons (Fsp3) is 0.190. The molecule has 0 radical (unpaired) electrons. The van der Waals surface area contributed by atoms with Gasteiger partial charge in [0.05, 0.1) is 17.2 Å². The van der Waals surface area contributed by atoms with Gasteiger partial charge in [-0.2, -0.15) is 0 Å². The van der Waals surface area contributed by atoms with E-state index in [2.05, 4.69) is 21.6 Å². The quantitative estimate of drug-likeness (QED) is 0.318. The molecule has 0 fully saturated rings. The molecule has 1 atom stereocenters. The van der Waals surface area contributed by atoms with Gasteiger partial charge in [-0.05, 0) is 25.1 Å². The number of carbonyl (C=O) groups is 2. The molecule has 0 aliphatic rings. The fourth-order valence-corrected chi connectivity index (χ4v) is 3.48. The SMILES string of the molecule is C=C(Cl)SC(=CC)CNc1cccnc1C(=O)C(C(=O)OC)c1ccc(F)cc1F. The zero-order chi connectivity index (χ0) is 22.3. The van der Waals surface area contributed by atoms with Crippen molar-refractivity contribution in [1.29, 1.82) is 0 Å². The first-order chi connectivity index (χ1) is 14.3. The molecule has 9 heteroatoms. The smallest absolute Gasteiger partial charge is 0.321 e. The molecule has 0 bridgehead atoms. The molecule has 0 aliphatic carbocycles. The van der Waals surface area contributed by atoms with E-state index in [4.69, 9.17) is 11.6 Å². The van der Waals surface area contributed by atoms with Gasteiger partial charge in [0, 0.05) is 29.3 Å². The van der Waals surface area contributed by atoms with Crippen molar-refractivity contribution in [1.82, 2.24) is 4.98 Å². The van der Waals surface area contributed by atoms with Crippen molar-refractivity contribution in [3.8, 4) is 0 Å². The number of hydrogen-bond acceptors (Lipinski definition) is 6. The van der Waals surface area contributed by atoms with Gasteiger partial charge < -0.3 is 10.1 Å². The second-order valence-electron chi connectivity index (χ2n) is 5.95. The van der Waals surface area contributed by atoms with Gasteiger partial charge in [0.25, 0.3) is 0 Å². The molecule has 2 aromatic rings. The minimum Gasteiger partial charge on any atom is -0.468 e. The van der Waals surface area contributed by atoms with Crippen LogP contribution in [0.25, 0.3) is 0 Å². The number of Topliss-reactive ketones (excluding diaryl/α,β-unsaturated/α-hetero) is 1. The van der Waals surface area contributed by atoms with E-state index in [1.165, 1.54) is 18.0 Å². The second kappa shape index (κ2) is 10.9. The summed E-state index contributed by atoms with van der Waals surface area (Å²) in [6, 6.07) is 5.82. The average molecular weight is 453 g/mol. The maximum Gasteiger partial charge on any atom is 0.321 e. The molecule has 2 rings (SSSR count). The van der Waals surface area contributed by atoms with Gasteiger partial charge in [-0.3, -0.25) is 14.6 Å². The number of halogens is 3.